The van der Waals surface area contributed by atoms with Gasteiger partial charge in [0.1, 0.15) is 5.82 Å². The third kappa shape index (κ3) is 4.51. The maximum Gasteiger partial charge on any atom is 0.175 e. The molecular weight excluding hydrogens is 395 g/mol. The Morgan fingerprint density at radius 1 is 0.926 bits per heavy atom. The van der Waals surface area contributed by atoms with E-state index < -0.39 is 0 Å². The quantitative estimate of drug-likeness (QED) is 0.319. The lowest BCUT2D eigenvalue weighted by Crippen LogP contribution is -1.88. The predicted molar refractivity (Wildman–Crippen MR) is 114 cm³/mol. The fraction of sp³-hybridized carbons (Fsp3) is 0.143. The molecule has 4 rings (SSSR count). The first-order valence-corrected chi connectivity index (χ1v) is 11.2. The molecule has 0 N–H and O–H groups in total. The molecular formula is C21H17FN2S3. The van der Waals surface area contributed by atoms with Gasteiger partial charge in [-0.25, -0.2) is 4.39 Å². The molecule has 0 spiro atoms. The zero-order valence-electron chi connectivity index (χ0n) is 14.6. The number of hydrogen-bond donors (Lipinski definition) is 0. The molecule has 136 valence electrons. The molecule has 27 heavy (non-hydrogen) atoms. The summed E-state index contributed by atoms with van der Waals surface area (Å²) >= 11 is 4.99. The van der Waals surface area contributed by atoms with Crippen molar-refractivity contribution in [1.82, 2.24) is 10.2 Å². The Bertz CT molecular complexity index is 1040. The Kier molecular flexibility index (Phi) is 5.76. The first kappa shape index (κ1) is 18.5. The van der Waals surface area contributed by atoms with Crippen LogP contribution in [0.1, 0.15) is 23.3 Å². The van der Waals surface area contributed by atoms with Gasteiger partial charge in [-0.3, -0.25) is 0 Å². The number of halogens is 1. The normalized spacial score (nSPS) is 12.4. The monoisotopic (exact) mass is 412 g/mol. The number of aromatic nitrogens is 2. The highest BCUT2D eigenvalue weighted by molar-refractivity contribution is 8.03. The van der Waals surface area contributed by atoms with Gasteiger partial charge in [-0.1, -0.05) is 89.5 Å². The molecule has 0 saturated carbocycles. The third-order valence-electron chi connectivity index (χ3n) is 4.24. The maximum atomic E-state index is 13.1. The van der Waals surface area contributed by atoms with Gasteiger partial charge in [0.25, 0.3) is 0 Å². The van der Waals surface area contributed by atoms with Gasteiger partial charge in [0.05, 0.1) is 0 Å². The predicted octanol–water partition coefficient (Wildman–Crippen LogP) is 6.98. The van der Waals surface area contributed by atoms with Crippen molar-refractivity contribution in [3.8, 4) is 0 Å². The molecule has 0 fully saturated rings. The highest BCUT2D eigenvalue weighted by Gasteiger charge is 2.13. The summed E-state index contributed by atoms with van der Waals surface area (Å²) in [5, 5.41) is 11.4. The van der Waals surface area contributed by atoms with Gasteiger partial charge >= 0.3 is 0 Å². The lowest BCUT2D eigenvalue weighted by Gasteiger charge is -2.08. The van der Waals surface area contributed by atoms with Crippen molar-refractivity contribution < 1.29 is 4.39 Å². The second-order valence-electron chi connectivity index (χ2n) is 6.07. The summed E-state index contributed by atoms with van der Waals surface area (Å²) in [5.41, 5.74) is 2.39. The van der Waals surface area contributed by atoms with Crippen molar-refractivity contribution in [2.45, 2.75) is 26.6 Å². The fourth-order valence-corrected chi connectivity index (χ4v) is 6.11. The Balaban J connectivity index is 1.41. The molecule has 0 aliphatic carbocycles. The summed E-state index contributed by atoms with van der Waals surface area (Å²) in [6, 6.07) is 21.5. The molecule has 0 unspecified atom stereocenters. The van der Waals surface area contributed by atoms with Crippen molar-refractivity contribution in [3.05, 3.63) is 83.7 Å². The number of thioether (sulfide) groups is 2. The van der Waals surface area contributed by atoms with Crippen LogP contribution in [0.3, 0.4) is 0 Å². The van der Waals surface area contributed by atoms with Crippen LogP contribution in [0.25, 0.3) is 10.8 Å². The van der Waals surface area contributed by atoms with E-state index in [1.54, 1.807) is 34.9 Å². The van der Waals surface area contributed by atoms with E-state index in [0.717, 1.165) is 20.0 Å². The van der Waals surface area contributed by atoms with Gasteiger partial charge < -0.3 is 0 Å². The lowest BCUT2D eigenvalue weighted by molar-refractivity contribution is 0.627. The van der Waals surface area contributed by atoms with Gasteiger partial charge in [0.2, 0.25) is 0 Å². The van der Waals surface area contributed by atoms with Crippen LogP contribution in [0.4, 0.5) is 4.39 Å². The molecule has 2 nitrogen and oxygen atoms in total. The van der Waals surface area contributed by atoms with E-state index >= 15 is 0 Å². The summed E-state index contributed by atoms with van der Waals surface area (Å²) in [7, 11) is 0. The van der Waals surface area contributed by atoms with Gasteiger partial charge in [0, 0.05) is 11.0 Å². The van der Waals surface area contributed by atoms with E-state index in [-0.39, 0.29) is 11.1 Å². The van der Waals surface area contributed by atoms with Crippen molar-refractivity contribution in [3.63, 3.8) is 0 Å². The largest absolute Gasteiger partial charge is 0.207 e. The van der Waals surface area contributed by atoms with Crippen LogP contribution in [0.15, 0.2) is 75.4 Å². The first-order valence-electron chi connectivity index (χ1n) is 8.54. The maximum absolute atomic E-state index is 13.1. The molecule has 0 amide bonds. The van der Waals surface area contributed by atoms with Gasteiger partial charge in [-0.05, 0) is 41.0 Å². The molecule has 1 aromatic heterocycles. The molecule has 3 aromatic carbocycles. The van der Waals surface area contributed by atoms with Gasteiger partial charge in [-0.15, -0.1) is 10.2 Å². The number of benzene rings is 3. The lowest BCUT2D eigenvalue weighted by atomic mass is 10.1. The Morgan fingerprint density at radius 3 is 2.52 bits per heavy atom. The Labute approximate surface area is 170 Å². The summed E-state index contributed by atoms with van der Waals surface area (Å²) in [6.07, 6.45) is 0. The van der Waals surface area contributed by atoms with Gasteiger partial charge in [0.15, 0.2) is 8.68 Å². The van der Waals surface area contributed by atoms with Crippen LogP contribution in [-0.4, -0.2) is 10.2 Å². The highest BCUT2D eigenvalue weighted by atomic mass is 32.2. The van der Waals surface area contributed by atoms with Crippen LogP contribution in [-0.2, 0) is 5.75 Å². The zero-order chi connectivity index (χ0) is 18.6. The van der Waals surface area contributed by atoms with E-state index in [1.807, 2.05) is 12.1 Å². The van der Waals surface area contributed by atoms with Crippen LogP contribution in [0.2, 0.25) is 0 Å². The summed E-state index contributed by atoms with van der Waals surface area (Å²) < 4.78 is 15.0. The van der Waals surface area contributed by atoms with E-state index in [4.69, 9.17) is 0 Å². The van der Waals surface area contributed by atoms with E-state index in [2.05, 4.69) is 59.6 Å². The number of fused-ring (bicyclic) bond motifs is 1. The minimum Gasteiger partial charge on any atom is -0.207 e. The van der Waals surface area contributed by atoms with Crippen molar-refractivity contribution in [2.75, 3.05) is 0 Å². The Morgan fingerprint density at radius 2 is 1.67 bits per heavy atom. The first-order chi connectivity index (χ1) is 13.2. The summed E-state index contributed by atoms with van der Waals surface area (Å²) in [6.45, 7) is 2.10. The molecule has 0 aliphatic rings. The van der Waals surface area contributed by atoms with E-state index in [1.165, 1.54) is 28.5 Å². The number of hydrogen-bond acceptors (Lipinski definition) is 5. The third-order valence-corrected chi connectivity index (χ3v) is 7.58. The van der Waals surface area contributed by atoms with Crippen LogP contribution >= 0.6 is 34.9 Å². The van der Waals surface area contributed by atoms with Crippen molar-refractivity contribution in [1.29, 1.82) is 0 Å². The van der Waals surface area contributed by atoms with Crippen LogP contribution < -0.4 is 0 Å². The van der Waals surface area contributed by atoms with Gasteiger partial charge in [-0.2, -0.15) is 0 Å². The average Bonchev–Trinajstić information content (AvgIpc) is 3.14. The topological polar surface area (TPSA) is 25.8 Å². The molecule has 0 radical (unpaired) electrons. The molecule has 0 bridgehead atoms. The molecule has 4 aromatic rings. The smallest absolute Gasteiger partial charge is 0.175 e. The van der Waals surface area contributed by atoms with Crippen LogP contribution in [0, 0.1) is 5.82 Å². The van der Waals surface area contributed by atoms with Crippen molar-refractivity contribution in [2.24, 2.45) is 0 Å². The number of rotatable bonds is 6. The second-order valence-corrected chi connectivity index (χ2v) is 9.86. The molecule has 6 heteroatoms. The minimum absolute atomic E-state index is 0.203. The van der Waals surface area contributed by atoms with E-state index in [0.29, 0.717) is 0 Å². The number of nitrogens with zero attached hydrogens (tertiary/aromatic N) is 2. The zero-order valence-corrected chi connectivity index (χ0v) is 17.1. The molecule has 1 heterocycles. The molecule has 0 aliphatic heterocycles. The van der Waals surface area contributed by atoms with Crippen LogP contribution in [0.5, 0.6) is 0 Å². The summed E-state index contributed by atoms with van der Waals surface area (Å²) in [5.74, 6) is 0.660. The minimum atomic E-state index is -0.209. The fourth-order valence-electron chi connectivity index (χ4n) is 2.81. The highest BCUT2D eigenvalue weighted by Crippen LogP contribution is 2.39. The van der Waals surface area contributed by atoms with E-state index in [9.17, 15) is 4.39 Å². The second kappa shape index (κ2) is 8.42. The van der Waals surface area contributed by atoms with Crippen molar-refractivity contribution >= 4 is 45.6 Å². The Hall–Kier alpha value is -1.89. The standard InChI is InChI=1S/C21H17FN2S3/c1-14(15-9-11-18(22)12-10-15)26-21-24-23-20(27-21)25-13-17-7-4-6-16-5-2-3-8-19(16)17/h2-12,14H,13H2,1H3/t14-/m0/s1. The summed E-state index contributed by atoms with van der Waals surface area (Å²) in [4.78, 5) is 0. The average molecular weight is 413 g/mol. The SMILES string of the molecule is C[C@H](Sc1nnc(SCc2cccc3ccccc23)s1)c1ccc(F)cc1. The molecule has 1 atom stereocenters. The molecule has 0 saturated heterocycles.